The summed E-state index contributed by atoms with van der Waals surface area (Å²) < 4.78 is 0.232. The largest absolute Gasteiger partial charge is 0.342 e. The second-order valence-electron chi connectivity index (χ2n) is 6.05. The van der Waals surface area contributed by atoms with Gasteiger partial charge < -0.3 is 10.2 Å². The van der Waals surface area contributed by atoms with Gasteiger partial charge in [0.1, 0.15) is 5.54 Å². The Hall–Kier alpha value is -0.710. The van der Waals surface area contributed by atoms with Crippen LogP contribution in [-0.2, 0) is 9.59 Å². The zero-order valence-electron chi connectivity index (χ0n) is 12.8. The summed E-state index contributed by atoms with van der Waals surface area (Å²) in [5.74, 6) is 0.130. The highest BCUT2D eigenvalue weighted by Gasteiger charge is 2.45. The normalized spacial score (nSPS) is 24.9. The zero-order chi connectivity index (χ0) is 14.8. The summed E-state index contributed by atoms with van der Waals surface area (Å²) in [5, 5.41) is 2.97. The molecule has 5 heteroatoms. The molecule has 0 radical (unpaired) electrons. The van der Waals surface area contributed by atoms with E-state index < -0.39 is 5.54 Å². The number of rotatable bonds is 5. The SMILES string of the molecule is CCC1(CC)NC(=O)CCN(CC2(SC)CCC2)C1=O. The number of hydrogen-bond acceptors (Lipinski definition) is 3. The lowest BCUT2D eigenvalue weighted by molar-refractivity contribution is -0.139. The Morgan fingerprint density at radius 3 is 2.35 bits per heavy atom. The maximum Gasteiger partial charge on any atom is 0.248 e. The van der Waals surface area contributed by atoms with Gasteiger partial charge in [-0.25, -0.2) is 0 Å². The molecule has 1 saturated heterocycles. The molecule has 1 N–H and O–H groups in total. The average molecular weight is 298 g/mol. The molecule has 0 spiro atoms. The molecule has 114 valence electrons. The summed E-state index contributed by atoms with van der Waals surface area (Å²) in [6.45, 7) is 5.33. The smallest absolute Gasteiger partial charge is 0.248 e. The number of nitrogens with one attached hydrogen (secondary N) is 1. The Morgan fingerprint density at radius 1 is 1.25 bits per heavy atom. The molecule has 1 aliphatic heterocycles. The summed E-state index contributed by atoms with van der Waals surface area (Å²) in [4.78, 5) is 26.8. The van der Waals surface area contributed by atoms with Gasteiger partial charge in [0, 0.05) is 24.3 Å². The molecule has 20 heavy (non-hydrogen) atoms. The van der Waals surface area contributed by atoms with Gasteiger partial charge >= 0.3 is 0 Å². The molecule has 0 aromatic carbocycles. The van der Waals surface area contributed by atoms with Gasteiger partial charge in [0.2, 0.25) is 11.8 Å². The molecule has 0 aromatic heterocycles. The number of hydrogen-bond donors (Lipinski definition) is 1. The number of carbonyl (C=O) groups excluding carboxylic acids is 2. The average Bonchev–Trinajstić information content (AvgIpc) is 2.53. The van der Waals surface area contributed by atoms with Gasteiger partial charge in [0.25, 0.3) is 0 Å². The van der Waals surface area contributed by atoms with Crippen molar-refractivity contribution in [1.29, 1.82) is 0 Å². The molecule has 1 heterocycles. The Balaban J connectivity index is 2.19. The fourth-order valence-corrected chi connectivity index (χ4v) is 4.23. The van der Waals surface area contributed by atoms with Crippen LogP contribution < -0.4 is 5.32 Å². The number of nitrogens with zero attached hydrogens (tertiary/aromatic N) is 1. The summed E-state index contributed by atoms with van der Waals surface area (Å²) in [6, 6.07) is 0. The van der Waals surface area contributed by atoms with Crippen LogP contribution in [0.3, 0.4) is 0 Å². The monoisotopic (exact) mass is 298 g/mol. The van der Waals surface area contributed by atoms with Crippen LogP contribution in [0.1, 0.15) is 52.4 Å². The summed E-state index contributed by atoms with van der Waals surface area (Å²) in [7, 11) is 0. The van der Waals surface area contributed by atoms with Crippen LogP contribution in [0.2, 0.25) is 0 Å². The van der Waals surface area contributed by atoms with E-state index >= 15 is 0 Å². The lowest BCUT2D eigenvalue weighted by Gasteiger charge is -2.45. The van der Waals surface area contributed by atoms with E-state index in [1.54, 1.807) is 0 Å². The molecule has 2 amide bonds. The van der Waals surface area contributed by atoms with E-state index in [9.17, 15) is 9.59 Å². The Bertz CT molecular complexity index is 384. The van der Waals surface area contributed by atoms with Crippen molar-refractivity contribution in [2.45, 2.75) is 62.7 Å². The van der Waals surface area contributed by atoms with Gasteiger partial charge in [-0.3, -0.25) is 9.59 Å². The highest BCUT2D eigenvalue weighted by molar-refractivity contribution is 8.00. The van der Waals surface area contributed by atoms with Crippen molar-refractivity contribution >= 4 is 23.6 Å². The van der Waals surface area contributed by atoms with E-state index in [-0.39, 0.29) is 16.6 Å². The van der Waals surface area contributed by atoms with E-state index in [0.717, 1.165) is 6.54 Å². The maximum atomic E-state index is 12.9. The first-order valence-electron chi connectivity index (χ1n) is 7.66. The van der Waals surface area contributed by atoms with E-state index in [4.69, 9.17) is 0 Å². The Kier molecular flexibility index (Phi) is 4.67. The topological polar surface area (TPSA) is 49.4 Å². The Morgan fingerprint density at radius 2 is 1.90 bits per heavy atom. The molecule has 2 aliphatic rings. The summed E-state index contributed by atoms with van der Waals surface area (Å²) >= 11 is 1.88. The van der Waals surface area contributed by atoms with Gasteiger partial charge in [-0.2, -0.15) is 11.8 Å². The molecule has 1 saturated carbocycles. The molecule has 4 nitrogen and oxygen atoms in total. The van der Waals surface area contributed by atoms with Crippen molar-refractivity contribution in [3.63, 3.8) is 0 Å². The van der Waals surface area contributed by atoms with Crippen LogP contribution in [-0.4, -0.2) is 46.3 Å². The van der Waals surface area contributed by atoms with Gasteiger partial charge in [-0.15, -0.1) is 0 Å². The van der Waals surface area contributed by atoms with E-state index in [1.165, 1.54) is 19.3 Å². The van der Waals surface area contributed by atoms with E-state index in [1.807, 2.05) is 30.5 Å². The number of amides is 2. The molecular weight excluding hydrogens is 272 g/mol. The fraction of sp³-hybridized carbons (Fsp3) is 0.867. The summed E-state index contributed by atoms with van der Waals surface area (Å²) in [5.41, 5.74) is -0.684. The van der Waals surface area contributed by atoms with Crippen LogP contribution in [0.5, 0.6) is 0 Å². The summed E-state index contributed by atoms with van der Waals surface area (Å²) in [6.07, 6.45) is 7.52. The first-order valence-corrected chi connectivity index (χ1v) is 8.89. The van der Waals surface area contributed by atoms with Crippen molar-refractivity contribution in [2.24, 2.45) is 0 Å². The van der Waals surface area contributed by atoms with Gasteiger partial charge in [-0.05, 0) is 31.9 Å². The highest BCUT2D eigenvalue weighted by Crippen LogP contribution is 2.43. The number of carbonyl (C=O) groups is 2. The minimum Gasteiger partial charge on any atom is -0.342 e. The molecule has 0 bridgehead atoms. The van der Waals surface area contributed by atoms with Crippen LogP contribution in [0.25, 0.3) is 0 Å². The molecule has 1 aliphatic carbocycles. The Labute approximate surface area is 126 Å². The minimum atomic E-state index is -0.684. The quantitative estimate of drug-likeness (QED) is 0.846. The predicted octanol–water partition coefficient (Wildman–Crippen LogP) is 2.18. The maximum absolute atomic E-state index is 12.9. The van der Waals surface area contributed by atoms with Crippen LogP contribution >= 0.6 is 11.8 Å². The van der Waals surface area contributed by atoms with Crippen molar-refractivity contribution in [3.8, 4) is 0 Å². The first-order chi connectivity index (χ1) is 9.51. The second-order valence-corrected chi connectivity index (χ2v) is 7.33. The standard InChI is InChI=1S/C15H26N2O2S/c1-4-15(5-2)13(19)17(10-7-12(18)16-15)11-14(20-3)8-6-9-14/h4-11H2,1-3H3,(H,16,18). The molecular formula is C15H26N2O2S. The molecule has 2 fully saturated rings. The zero-order valence-corrected chi connectivity index (χ0v) is 13.6. The third kappa shape index (κ3) is 2.69. The van der Waals surface area contributed by atoms with Crippen LogP contribution in [0.4, 0.5) is 0 Å². The lowest BCUT2D eigenvalue weighted by Crippen LogP contribution is -2.58. The van der Waals surface area contributed by atoms with Crippen LogP contribution in [0.15, 0.2) is 0 Å². The van der Waals surface area contributed by atoms with Gasteiger partial charge in [-0.1, -0.05) is 20.3 Å². The van der Waals surface area contributed by atoms with E-state index in [0.29, 0.717) is 25.8 Å². The van der Waals surface area contributed by atoms with Crippen LogP contribution in [0, 0.1) is 0 Å². The third-order valence-corrected chi connectivity index (χ3v) is 6.47. The van der Waals surface area contributed by atoms with Crippen molar-refractivity contribution in [2.75, 3.05) is 19.3 Å². The van der Waals surface area contributed by atoms with Gasteiger partial charge in [0.15, 0.2) is 0 Å². The lowest BCUT2D eigenvalue weighted by atomic mass is 9.83. The molecule has 0 atom stereocenters. The number of thioether (sulfide) groups is 1. The fourth-order valence-electron chi connectivity index (χ4n) is 3.25. The molecule has 0 aromatic rings. The predicted molar refractivity (Wildman–Crippen MR) is 82.7 cm³/mol. The molecule has 2 rings (SSSR count). The van der Waals surface area contributed by atoms with Crippen molar-refractivity contribution < 1.29 is 9.59 Å². The first kappa shape index (κ1) is 15.7. The van der Waals surface area contributed by atoms with E-state index in [2.05, 4.69) is 11.6 Å². The molecule has 0 unspecified atom stereocenters. The van der Waals surface area contributed by atoms with Gasteiger partial charge in [0.05, 0.1) is 0 Å². The van der Waals surface area contributed by atoms with Crippen molar-refractivity contribution in [3.05, 3.63) is 0 Å². The van der Waals surface area contributed by atoms with Crippen molar-refractivity contribution in [1.82, 2.24) is 10.2 Å². The third-order valence-electron chi connectivity index (χ3n) is 5.07. The second kappa shape index (κ2) is 5.96. The highest BCUT2D eigenvalue weighted by atomic mass is 32.2. The minimum absolute atomic E-state index is 0.0105.